The van der Waals surface area contributed by atoms with Crippen LogP contribution in [0.2, 0.25) is 0 Å². The first-order chi connectivity index (χ1) is 8.75. The predicted octanol–water partition coefficient (Wildman–Crippen LogP) is 1.63. The molecule has 1 saturated heterocycles. The van der Waals surface area contributed by atoms with Gasteiger partial charge in [-0.05, 0) is 32.0 Å². The Balaban J connectivity index is 1.74. The van der Waals surface area contributed by atoms with Gasteiger partial charge in [0.15, 0.2) is 0 Å². The van der Waals surface area contributed by atoms with Crippen molar-refractivity contribution in [2.24, 2.45) is 0 Å². The number of nitrogens with zero attached hydrogens (tertiary/aromatic N) is 2. The lowest BCUT2D eigenvalue weighted by Gasteiger charge is -2.25. The number of aryl methyl sites for hydroxylation is 1. The molecule has 1 unspecified atom stereocenters. The second kappa shape index (κ2) is 6.83. The van der Waals surface area contributed by atoms with E-state index in [0.29, 0.717) is 0 Å². The Morgan fingerprint density at radius 2 is 2.33 bits per heavy atom. The van der Waals surface area contributed by atoms with E-state index in [4.69, 9.17) is 9.47 Å². The summed E-state index contributed by atoms with van der Waals surface area (Å²) in [5.41, 5.74) is 2.41. The van der Waals surface area contributed by atoms with Crippen molar-refractivity contribution in [3.05, 3.63) is 29.6 Å². The van der Waals surface area contributed by atoms with Crippen LogP contribution in [0.4, 0.5) is 0 Å². The SMILES string of the molecule is Cc1cccnc1CN(C)CCC1COCCO1. The Bertz CT molecular complexity index is 365. The average Bonchev–Trinajstić information content (AvgIpc) is 2.40. The molecule has 1 aliphatic heterocycles. The van der Waals surface area contributed by atoms with Crippen LogP contribution in [0.3, 0.4) is 0 Å². The molecule has 2 heterocycles. The van der Waals surface area contributed by atoms with Crippen molar-refractivity contribution in [1.82, 2.24) is 9.88 Å². The van der Waals surface area contributed by atoms with Gasteiger partial charge in [0.2, 0.25) is 0 Å². The van der Waals surface area contributed by atoms with Gasteiger partial charge in [0.25, 0.3) is 0 Å². The third-order valence-electron chi connectivity index (χ3n) is 3.26. The number of hydrogen-bond acceptors (Lipinski definition) is 4. The van der Waals surface area contributed by atoms with Crippen LogP contribution < -0.4 is 0 Å². The maximum Gasteiger partial charge on any atom is 0.0821 e. The molecule has 100 valence electrons. The molecule has 1 aromatic rings. The van der Waals surface area contributed by atoms with E-state index in [9.17, 15) is 0 Å². The molecule has 1 fully saturated rings. The molecule has 1 aliphatic rings. The van der Waals surface area contributed by atoms with E-state index in [0.717, 1.165) is 45.0 Å². The quantitative estimate of drug-likeness (QED) is 0.795. The number of rotatable bonds is 5. The van der Waals surface area contributed by atoms with Crippen molar-refractivity contribution >= 4 is 0 Å². The lowest BCUT2D eigenvalue weighted by Crippen LogP contribution is -2.32. The summed E-state index contributed by atoms with van der Waals surface area (Å²) < 4.78 is 11.0. The van der Waals surface area contributed by atoms with E-state index in [-0.39, 0.29) is 6.10 Å². The van der Waals surface area contributed by atoms with Crippen molar-refractivity contribution in [3.63, 3.8) is 0 Å². The maximum atomic E-state index is 5.63. The minimum atomic E-state index is 0.256. The van der Waals surface area contributed by atoms with Gasteiger partial charge in [0.05, 0.1) is 31.6 Å². The fraction of sp³-hybridized carbons (Fsp3) is 0.643. The molecule has 0 aromatic carbocycles. The molecule has 4 heteroatoms. The Morgan fingerprint density at radius 1 is 1.44 bits per heavy atom. The van der Waals surface area contributed by atoms with Crippen LogP contribution >= 0.6 is 0 Å². The Kier molecular flexibility index (Phi) is 5.11. The molecule has 0 N–H and O–H groups in total. The first-order valence-electron chi connectivity index (χ1n) is 6.54. The van der Waals surface area contributed by atoms with Crippen LogP contribution in [0.1, 0.15) is 17.7 Å². The fourth-order valence-corrected chi connectivity index (χ4v) is 2.09. The minimum absolute atomic E-state index is 0.256. The van der Waals surface area contributed by atoms with Gasteiger partial charge in [-0.25, -0.2) is 0 Å². The topological polar surface area (TPSA) is 34.6 Å². The van der Waals surface area contributed by atoms with E-state index in [1.165, 1.54) is 5.56 Å². The lowest BCUT2D eigenvalue weighted by molar-refractivity contribution is -0.0924. The van der Waals surface area contributed by atoms with Gasteiger partial charge in [0.1, 0.15) is 0 Å². The van der Waals surface area contributed by atoms with E-state index in [1.54, 1.807) is 0 Å². The van der Waals surface area contributed by atoms with Gasteiger partial charge in [-0.3, -0.25) is 4.98 Å². The van der Waals surface area contributed by atoms with Gasteiger partial charge in [-0.15, -0.1) is 0 Å². The molecular weight excluding hydrogens is 228 g/mol. The van der Waals surface area contributed by atoms with Gasteiger partial charge < -0.3 is 14.4 Å². The summed E-state index contributed by atoms with van der Waals surface area (Å²) in [7, 11) is 2.12. The van der Waals surface area contributed by atoms with Crippen LogP contribution in [0.5, 0.6) is 0 Å². The molecule has 0 radical (unpaired) electrons. The highest BCUT2D eigenvalue weighted by atomic mass is 16.6. The van der Waals surface area contributed by atoms with E-state index < -0.39 is 0 Å². The Morgan fingerprint density at radius 3 is 3.06 bits per heavy atom. The summed E-state index contributed by atoms with van der Waals surface area (Å²) in [6.07, 6.45) is 3.13. The zero-order chi connectivity index (χ0) is 12.8. The van der Waals surface area contributed by atoms with Crippen molar-refractivity contribution in [3.8, 4) is 0 Å². The van der Waals surface area contributed by atoms with Gasteiger partial charge in [-0.2, -0.15) is 0 Å². The smallest absolute Gasteiger partial charge is 0.0821 e. The highest BCUT2D eigenvalue weighted by Crippen LogP contribution is 2.09. The summed E-state index contributed by atoms with van der Waals surface area (Å²) in [6.45, 7) is 6.20. The Labute approximate surface area is 109 Å². The molecule has 0 saturated carbocycles. The molecule has 0 amide bonds. The molecule has 1 atom stereocenters. The van der Waals surface area contributed by atoms with Gasteiger partial charge >= 0.3 is 0 Å². The average molecular weight is 250 g/mol. The molecular formula is C14H22N2O2. The lowest BCUT2D eigenvalue weighted by atomic mass is 10.2. The molecule has 0 bridgehead atoms. The number of ether oxygens (including phenoxy) is 2. The van der Waals surface area contributed by atoms with Crippen molar-refractivity contribution in [2.45, 2.75) is 26.0 Å². The maximum absolute atomic E-state index is 5.63. The second-order valence-electron chi connectivity index (χ2n) is 4.86. The number of hydrogen-bond donors (Lipinski definition) is 0. The van der Waals surface area contributed by atoms with Crippen LogP contribution in [0.25, 0.3) is 0 Å². The third-order valence-corrected chi connectivity index (χ3v) is 3.26. The largest absolute Gasteiger partial charge is 0.376 e. The third kappa shape index (κ3) is 4.05. The summed E-state index contributed by atoms with van der Waals surface area (Å²) >= 11 is 0. The molecule has 0 aliphatic carbocycles. The van der Waals surface area contributed by atoms with Crippen molar-refractivity contribution in [1.29, 1.82) is 0 Å². The summed E-state index contributed by atoms with van der Waals surface area (Å²) in [5.74, 6) is 0. The summed E-state index contributed by atoms with van der Waals surface area (Å²) in [5, 5.41) is 0. The first-order valence-corrected chi connectivity index (χ1v) is 6.54. The van der Waals surface area contributed by atoms with Crippen LogP contribution in [-0.4, -0.2) is 49.4 Å². The summed E-state index contributed by atoms with van der Waals surface area (Å²) in [4.78, 5) is 6.70. The van der Waals surface area contributed by atoms with Gasteiger partial charge in [-0.1, -0.05) is 6.07 Å². The van der Waals surface area contributed by atoms with Crippen LogP contribution in [0, 0.1) is 6.92 Å². The molecule has 4 nitrogen and oxygen atoms in total. The van der Waals surface area contributed by atoms with Crippen LogP contribution in [0.15, 0.2) is 18.3 Å². The molecule has 0 spiro atoms. The minimum Gasteiger partial charge on any atom is -0.376 e. The molecule has 2 rings (SSSR count). The monoisotopic (exact) mass is 250 g/mol. The van der Waals surface area contributed by atoms with E-state index >= 15 is 0 Å². The molecule has 1 aromatic heterocycles. The standard InChI is InChI=1S/C14H22N2O2/c1-12-4-3-6-15-14(12)10-16(2)7-5-13-11-17-8-9-18-13/h3-4,6,13H,5,7-11H2,1-2H3. The van der Waals surface area contributed by atoms with Crippen molar-refractivity contribution in [2.75, 3.05) is 33.4 Å². The summed E-state index contributed by atoms with van der Waals surface area (Å²) in [6, 6.07) is 4.08. The number of aromatic nitrogens is 1. The zero-order valence-corrected chi connectivity index (χ0v) is 11.3. The zero-order valence-electron chi connectivity index (χ0n) is 11.3. The second-order valence-corrected chi connectivity index (χ2v) is 4.86. The van der Waals surface area contributed by atoms with Crippen molar-refractivity contribution < 1.29 is 9.47 Å². The Hall–Kier alpha value is -0.970. The first kappa shape index (κ1) is 13.5. The van der Waals surface area contributed by atoms with Gasteiger partial charge in [0, 0.05) is 19.3 Å². The molecule has 18 heavy (non-hydrogen) atoms. The highest BCUT2D eigenvalue weighted by molar-refractivity contribution is 5.17. The highest BCUT2D eigenvalue weighted by Gasteiger charge is 2.15. The predicted molar refractivity (Wildman–Crippen MR) is 70.5 cm³/mol. The normalized spacial score (nSPS) is 20.3. The van der Waals surface area contributed by atoms with E-state index in [2.05, 4.69) is 29.9 Å². The van der Waals surface area contributed by atoms with Crippen LogP contribution in [-0.2, 0) is 16.0 Å². The number of pyridine rings is 1. The van der Waals surface area contributed by atoms with E-state index in [1.807, 2.05) is 12.3 Å². The fourth-order valence-electron chi connectivity index (χ4n) is 2.09.